The molecule has 0 saturated heterocycles. The summed E-state index contributed by atoms with van der Waals surface area (Å²) in [5.74, 6) is -0.757. The highest BCUT2D eigenvalue weighted by Gasteiger charge is 2.27. The zero-order chi connectivity index (χ0) is 13.6. The number of carboxylic acid groups (broad SMARTS) is 1. The van der Waals surface area contributed by atoms with Crippen molar-refractivity contribution in [3.63, 3.8) is 0 Å². The van der Waals surface area contributed by atoms with Crippen LogP contribution in [-0.2, 0) is 0 Å². The second kappa shape index (κ2) is 4.01. The Morgan fingerprint density at radius 1 is 1.37 bits per heavy atom. The van der Waals surface area contributed by atoms with E-state index in [4.69, 9.17) is 0 Å². The Morgan fingerprint density at radius 2 is 2.11 bits per heavy atom. The first-order chi connectivity index (χ1) is 9.06. The average molecular weight is 258 g/mol. The SMILES string of the molecule is O=C(O)c1cc(C2CC2)nc2ccc([N+](=O)[O-])cc12. The molecule has 0 unspecified atom stereocenters. The predicted molar refractivity (Wildman–Crippen MR) is 67.3 cm³/mol. The molecule has 1 saturated carbocycles. The van der Waals surface area contributed by atoms with E-state index in [1.807, 2.05) is 0 Å². The molecule has 0 aliphatic heterocycles. The summed E-state index contributed by atoms with van der Waals surface area (Å²) in [6.45, 7) is 0. The first kappa shape index (κ1) is 11.6. The van der Waals surface area contributed by atoms with Gasteiger partial charge in [0.2, 0.25) is 0 Å². The number of nitrogens with zero attached hydrogens (tertiary/aromatic N) is 2. The number of aromatic nitrogens is 1. The van der Waals surface area contributed by atoms with Gasteiger partial charge in [0.1, 0.15) is 0 Å². The molecule has 1 aromatic carbocycles. The molecule has 96 valence electrons. The van der Waals surface area contributed by atoms with Crippen LogP contribution in [0.15, 0.2) is 24.3 Å². The van der Waals surface area contributed by atoms with Crippen LogP contribution < -0.4 is 0 Å². The number of hydrogen-bond donors (Lipinski definition) is 1. The lowest BCUT2D eigenvalue weighted by Gasteiger charge is -2.05. The number of pyridine rings is 1. The van der Waals surface area contributed by atoms with E-state index in [0.717, 1.165) is 18.5 Å². The van der Waals surface area contributed by atoms with E-state index >= 15 is 0 Å². The molecule has 19 heavy (non-hydrogen) atoms. The summed E-state index contributed by atoms with van der Waals surface area (Å²) in [5, 5.41) is 20.3. The van der Waals surface area contributed by atoms with Gasteiger partial charge in [-0.2, -0.15) is 0 Å². The van der Waals surface area contributed by atoms with E-state index in [1.165, 1.54) is 24.3 Å². The fraction of sp³-hybridized carbons (Fsp3) is 0.231. The topological polar surface area (TPSA) is 93.3 Å². The van der Waals surface area contributed by atoms with Crippen LogP contribution in [0.4, 0.5) is 5.69 Å². The molecule has 1 N–H and O–H groups in total. The third kappa shape index (κ3) is 2.01. The van der Waals surface area contributed by atoms with Crippen LogP contribution in [0.2, 0.25) is 0 Å². The summed E-state index contributed by atoms with van der Waals surface area (Å²) in [7, 11) is 0. The van der Waals surface area contributed by atoms with Crippen molar-refractivity contribution in [2.75, 3.05) is 0 Å². The summed E-state index contributed by atoms with van der Waals surface area (Å²) >= 11 is 0. The van der Waals surface area contributed by atoms with Crippen LogP contribution in [0.5, 0.6) is 0 Å². The van der Waals surface area contributed by atoms with E-state index in [1.54, 1.807) is 0 Å². The molecule has 0 bridgehead atoms. The van der Waals surface area contributed by atoms with Gasteiger partial charge in [-0.15, -0.1) is 0 Å². The van der Waals surface area contributed by atoms with Crippen LogP contribution in [0.3, 0.4) is 0 Å². The van der Waals surface area contributed by atoms with Crippen LogP contribution in [0, 0.1) is 10.1 Å². The Labute approximate surface area is 107 Å². The largest absolute Gasteiger partial charge is 0.478 e. The van der Waals surface area contributed by atoms with Crippen LogP contribution in [0.1, 0.15) is 34.8 Å². The third-order valence-corrected chi connectivity index (χ3v) is 3.25. The molecule has 1 aliphatic rings. The van der Waals surface area contributed by atoms with Crippen molar-refractivity contribution in [1.29, 1.82) is 0 Å². The lowest BCUT2D eigenvalue weighted by molar-refractivity contribution is -0.384. The number of carbonyl (C=O) groups is 1. The van der Waals surface area contributed by atoms with Crippen molar-refractivity contribution in [3.05, 3.63) is 45.6 Å². The number of rotatable bonds is 3. The maximum absolute atomic E-state index is 11.3. The van der Waals surface area contributed by atoms with Crippen molar-refractivity contribution in [2.45, 2.75) is 18.8 Å². The van der Waals surface area contributed by atoms with Gasteiger partial charge in [-0.25, -0.2) is 4.79 Å². The zero-order valence-electron chi connectivity index (χ0n) is 9.87. The molecule has 1 aliphatic carbocycles. The maximum Gasteiger partial charge on any atom is 0.336 e. The highest BCUT2D eigenvalue weighted by atomic mass is 16.6. The number of carboxylic acids is 1. The molecule has 2 aromatic rings. The Hall–Kier alpha value is -2.50. The van der Waals surface area contributed by atoms with Crippen molar-refractivity contribution < 1.29 is 14.8 Å². The van der Waals surface area contributed by atoms with Gasteiger partial charge in [-0.05, 0) is 25.0 Å². The zero-order valence-corrected chi connectivity index (χ0v) is 9.87. The minimum atomic E-state index is -1.09. The van der Waals surface area contributed by atoms with Gasteiger partial charge in [0.05, 0.1) is 16.0 Å². The molecule has 0 atom stereocenters. The number of aromatic carboxylic acids is 1. The molecule has 0 amide bonds. The van der Waals surface area contributed by atoms with Gasteiger partial charge < -0.3 is 5.11 Å². The Morgan fingerprint density at radius 3 is 2.68 bits per heavy atom. The first-order valence-corrected chi connectivity index (χ1v) is 5.88. The second-order valence-corrected chi connectivity index (χ2v) is 4.63. The van der Waals surface area contributed by atoms with Gasteiger partial charge in [0.15, 0.2) is 0 Å². The number of fused-ring (bicyclic) bond motifs is 1. The highest BCUT2D eigenvalue weighted by Crippen LogP contribution is 2.40. The van der Waals surface area contributed by atoms with Crippen molar-refractivity contribution in [3.8, 4) is 0 Å². The predicted octanol–water partition coefficient (Wildman–Crippen LogP) is 2.72. The number of nitro benzene ring substituents is 1. The van der Waals surface area contributed by atoms with Crippen molar-refractivity contribution >= 4 is 22.6 Å². The van der Waals surface area contributed by atoms with Crippen molar-refractivity contribution in [2.24, 2.45) is 0 Å². The van der Waals surface area contributed by atoms with Gasteiger partial charge >= 0.3 is 5.97 Å². The Kier molecular flexibility index (Phi) is 2.45. The fourth-order valence-corrected chi connectivity index (χ4v) is 2.11. The molecule has 6 nitrogen and oxygen atoms in total. The molecular formula is C13H10N2O4. The molecule has 6 heteroatoms. The number of benzene rings is 1. The number of non-ortho nitro benzene ring substituents is 1. The van der Waals surface area contributed by atoms with Gasteiger partial charge in [-0.1, -0.05) is 0 Å². The minimum absolute atomic E-state index is 0.0793. The minimum Gasteiger partial charge on any atom is -0.478 e. The third-order valence-electron chi connectivity index (χ3n) is 3.25. The fourth-order valence-electron chi connectivity index (χ4n) is 2.11. The van der Waals surface area contributed by atoms with Crippen LogP contribution >= 0.6 is 0 Å². The molecule has 0 radical (unpaired) electrons. The average Bonchev–Trinajstić information content (AvgIpc) is 3.20. The highest BCUT2D eigenvalue weighted by molar-refractivity contribution is 6.03. The molecule has 3 rings (SSSR count). The van der Waals surface area contributed by atoms with E-state index in [9.17, 15) is 20.0 Å². The quantitative estimate of drug-likeness (QED) is 0.674. The van der Waals surface area contributed by atoms with Gasteiger partial charge in [0.25, 0.3) is 5.69 Å². The summed E-state index contributed by atoms with van der Waals surface area (Å²) in [5.41, 5.74) is 1.21. The second-order valence-electron chi connectivity index (χ2n) is 4.63. The number of hydrogen-bond acceptors (Lipinski definition) is 4. The summed E-state index contributed by atoms with van der Waals surface area (Å²) < 4.78 is 0. The lowest BCUT2D eigenvalue weighted by Crippen LogP contribution is -2.02. The van der Waals surface area contributed by atoms with Crippen LogP contribution in [0.25, 0.3) is 10.9 Å². The van der Waals surface area contributed by atoms with Gasteiger partial charge in [-0.3, -0.25) is 15.1 Å². The Balaban J connectivity index is 2.27. The standard InChI is InChI=1S/C13H10N2O4/c16-13(17)10-6-12(7-1-2-7)14-11-4-3-8(15(18)19)5-9(10)11/h3-7H,1-2H2,(H,16,17). The normalized spacial score (nSPS) is 14.5. The first-order valence-electron chi connectivity index (χ1n) is 5.88. The Bertz CT molecular complexity index is 707. The molecule has 1 heterocycles. The summed E-state index contributed by atoms with van der Waals surface area (Å²) in [6, 6.07) is 5.65. The van der Waals surface area contributed by atoms with E-state index in [2.05, 4.69) is 4.98 Å². The molecule has 0 spiro atoms. The van der Waals surface area contributed by atoms with E-state index in [-0.39, 0.29) is 11.3 Å². The molecule has 1 aromatic heterocycles. The van der Waals surface area contributed by atoms with E-state index in [0.29, 0.717) is 16.8 Å². The summed E-state index contributed by atoms with van der Waals surface area (Å²) in [4.78, 5) is 25.9. The van der Waals surface area contributed by atoms with Crippen molar-refractivity contribution in [1.82, 2.24) is 4.98 Å². The maximum atomic E-state index is 11.3. The van der Waals surface area contributed by atoms with Crippen LogP contribution in [-0.4, -0.2) is 21.0 Å². The van der Waals surface area contributed by atoms with Gasteiger partial charge in [0, 0.05) is 29.1 Å². The molecular weight excluding hydrogens is 248 g/mol. The lowest BCUT2D eigenvalue weighted by atomic mass is 10.1. The summed E-state index contributed by atoms with van der Waals surface area (Å²) in [6.07, 6.45) is 2.04. The number of nitro groups is 1. The monoisotopic (exact) mass is 258 g/mol. The smallest absolute Gasteiger partial charge is 0.336 e. The molecule has 1 fully saturated rings. The van der Waals surface area contributed by atoms with E-state index < -0.39 is 10.9 Å².